The van der Waals surface area contributed by atoms with E-state index in [0.29, 0.717) is 16.5 Å². The second kappa shape index (κ2) is 9.80. The van der Waals surface area contributed by atoms with Crippen molar-refractivity contribution in [3.8, 4) is 5.75 Å². The van der Waals surface area contributed by atoms with Crippen molar-refractivity contribution in [2.24, 2.45) is 0 Å². The van der Waals surface area contributed by atoms with Crippen LogP contribution in [0.2, 0.25) is 5.02 Å². The lowest BCUT2D eigenvalue weighted by Gasteiger charge is -2.14. The average molecular weight is 414 g/mol. The molecule has 1 amide bonds. The van der Waals surface area contributed by atoms with Gasteiger partial charge in [0.05, 0.1) is 6.04 Å². The molecule has 6 nitrogen and oxygen atoms in total. The fourth-order valence-corrected chi connectivity index (χ4v) is 2.78. The Labute approximate surface area is 173 Å². The van der Waals surface area contributed by atoms with Gasteiger partial charge >= 0.3 is 5.97 Å². The van der Waals surface area contributed by atoms with Crippen LogP contribution < -0.4 is 10.1 Å². The smallest absolute Gasteiger partial charge is 0.374 e. The van der Waals surface area contributed by atoms with Crippen LogP contribution in [0.4, 0.5) is 0 Å². The standard InChI is InChI=1S/C22H20ClNO5/c1-15(16-6-5-7-17(23)12-16)24-21(25)14-28-22(26)20-11-10-19(29-20)13-27-18-8-3-2-4-9-18/h2-12,15H,13-14H2,1H3,(H,24,25)/t15-/m0/s1. The van der Waals surface area contributed by atoms with Gasteiger partial charge in [-0.25, -0.2) is 4.79 Å². The summed E-state index contributed by atoms with van der Waals surface area (Å²) in [5.74, 6) is 0.0252. The normalized spacial score (nSPS) is 11.5. The molecule has 3 rings (SSSR count). The highest BCUT2D eigenvalue weighted by Gasteiger charge is 2.16. The molecule has 1 atom stereocenters. The third kappa shape index (κ3) is 6.12. The number of carbonyl (C=O) groups excluding carboxylic acids is 2. The van der Waals surface area contributed by atoms with Crippen LogP contribution in [0.1, 0.15) is 34.8 Å². The Morgan fingerprint density at radius 1 is 1.07 bits per heavy atom. The minimum absolute atomic E-state index is 0.00681. The first-order chi connectivity index (χ1) is 14.0. The van der Waals surface area contributed by atoms with Gasteiger partial charge < -0.3 is 19.2 Å². The molecule has 0 bridgehead atoms. The topological polar surface area (TPSA) is 77.8 Å². The number of hydrogen-bond donors (Lipinski definition) is 1. The predicted octanol–water partition coefficient (Wildman–Crippen LogP) is 4.55. The molecular weight excluding hydrogens is 394 g/mol. The average Bonchev–Trinajstić information content (AvgIpc) is 3.20. The molecule has 2 aromatic carbocycles. The molecule has 0 saturated heterocycles. The summed E-state index contributed by atoms with van der Waals surface area (Å²) >= 11 is 5.95. The number of furan rings is 1. The fourth-order valence-electron chi connectivity index (χ4n) is 2.58. The summed E-state index contributed by atoms with van der Waals surface area (Å²) in [6.45, 7) is 1.58. The molecule has 1 N–H and O–H groups in total. The first-order valence-corrected chi connectivity index (χ1v) is 9.37. The third-order valence-corrected chi connectivity index (χ3v) is 4.28. The first-order valence-electron chi connectivity index (χ1n) is 9.00. The number of esters is 1. The van der Waals surface area contributed by atoms with Crippen molar-refractivity contribution in [1.29, 1.82) is 0 Å². The molecule has 0 fully saturated rings. The molecule has 0 unspecified atom stereocenters. The second-order valence-corrected chi connectivity index (χ2v) is 6.72. The molecule has 0 aliphatic carbocycles. The SMILES string of the molecule is C[C@H](NC(=O)COC(=O)c1ccc(COc2ccccc2)o1)c1cccc(Cl)c1. The van der Waals surface area contributed by atoms with Gasteiger partial charge in [-0.2, -0.15) is 0 Å². The number of halogens is 1. The van der Waals surface area contributed by atoms with E-state index in [1.165, 1.54) is 6.07 Å². The van der Waals surface area contributed by atoms with Crippen LogP contribution in [0, 0.1) is 0 Å². The van der Waals surface area contributed by atoms with Crippen LogP contribution in [-0.2, 0) is 16.1 Å². The Bertz CT molecular complexity index is 970. The van der Waals surface area contributed by atoms with Crippen molar-refractivity contribution in [2.45, 2.75) is 19.6 Å². The van der Waals surface area contributed by atoms with Crippen LogP contribution in [0.3, 0.4) is 0 Å². The van der Waals surface area contributed by atoms with Crippen LogP contribution in [0.15, 0.2) is 71.1 Å². The molecule has 150 valence electrons. The molecule has 7 heteroatoms. The van der Waals surface area contributed by atoms with E-state index >= 15 is 0 Å². The highest BCUT2D eigenvalue weighted by molar-refractivity contribution is 6.30. The summed E-state index contributed by atoms with van der Waals surface area (Å²) in [7, 11) is 0. The molecular formula is C22H20ClNO5. The minimum atomic E-state index is -0.721. The Morgan fingerprint density at radius 3 is 2.62 bits per heavy atom. The zero-order chi connectivity index (χ0) is 20.6. The van der Waals surface area contributed by atoms with E-state index in [1.807, 2.05) is 43.3 Å². The highest BCUT2D eigenvalue weighted by Crippen LogP contribution is 2.17. The van der Waals surface area contributed by atoms with Crippen molar-refractivity contribution in [2.75, 3.05) is 6.61 Å². The van der Waals surface area contributed by atoms with Crippen LogP contribution in [-0.4, -0.2) is 18.5 Å². The number of carbonyl (C=O) groups is 2. The summed E-state index contributed by atoms with van der Waals surface area (Å²) < 4.78 is 16.0. The van der Waals surface area contributed by atoms with Crippen molar-refractivity contribution in [1.82, 2.24) is 5.32 Å². The molecule has 1 heterocycles. The number of nitrogens with one attached hydrogen (secondary N) is 1. The van der Waals surface area contributed by atoms with Gasteiger partial charge in [0.15, 0.2) is 6.61 Å². The number of amides is 1. The van der Waals surface area contributed by atoms with Gasteiger partial charge in [-0.05, 0) is 48.9 Å². The van der Waals surface area contributed by atoms with Gasteiger partial charge in [0, 0.05) is 5.02 Å². The maximum Gasteiger partial charge on any atom is 0.374 e. The lowest BCUT2D eigenvalue weighted by molar-refractivity contribution is -0.124. The molecule has 3 aromatic rings. The third-order valence-electron chi connectivity index (χ3n) is 4.05. The largest absolute Gasteiger partial charge is 0.486 e. The van der Waals surface area contributed by atoms with E-state index in [2.05, 4.69) is 5.32 Å². The minimum Gasteiger partial charge on any atom is -0.486 e. The zero-order valence-corrected chi connectivity index (χ0v) is 16.5. The van der Waals surface area contributed by atoms with Crippen molar-refractivity contribution >= 4 is 23.5 Å². The van der Waals surface area contributed by atoms with Gasteiger partial charge in [-0.15, -0.1) is 0 Å². The highest BCUT2D eigenvalue weighted by atomic mass is 35.5. The van der Waals surface area contributed by atoms with Gasteiger partial charge in [0.1, 0.15) is 18.1 Å². The lowest BCUT2D eigenvalue weighted by atomic mass is 10.1. The number of ether oxygens (including phenoxy) is 2. The molecule has 0 aliphatic rings. The van der Waals surface area contributed by atoms with Crippen molar-refractivity contribution in [3.05, 3.63) is 88.8 Å². The number of rotatable bonds is 8. The van der Waals surface area contributed by atoms with Gasteiger partial charge in [-0.3, -0.25) is 4.79 Å². The van der Waals surface area contributed by atoms with E-state index in [1.54, 1.807) is 24.3 Å². The van der Waals surface area contributed by atoms with E-state index in [9.17, 15) is 9.59 Å². The van der Waals surface area contributed by atoms with E-state index < -0.39 is 18.5 Å². The number of hydrogen-bond acceptors (Lipinski definition) is 5. The molecule has 0 spiro atoms. The lowest BCUT2D eigenvalue weighted by Crippen LogP contribution is -2.31. The Morgan fingerprint density at radius 2 is 1.86 bits per heavy atom. The Kier molecular flexibility index (Phi) is 6.92. The number of para-hydroxylation sites is 1. The molecule has 0 saturated carbocycles. The second-order valence-electron chi connectivity index (χ2n) is 6.29. The van der Waals surface area contributed by atoms with Crippen molar-refractivity contribution < 1.29 is 23.5 Å². The summed E-state index contributed by atoms with van der Waals surface area (Å²) in [5, 5.41) is 3.33. The van der Waals surface area contributed by atoms with E-state index in [-0.39, 0.29) is 18.4 Å². The van der Waals surface area contributed by atoms with E-state index in [0.717, 1.165) is 5.56 Å². The molecule has 29 heavy (non-hydrogen) atoms. The monoisotopic (exact) mass is 413 g/mol. The van der Waals surface area contributed by atoms with E-state index in [4.69, 9.17) is 25.5 Å². The predicted molar refractivity (Wildman–Crippen MR) is 108 cm³/mol. The van der Waals surface area contributed by atoms with Crippen LogP contribution in [0.25, 0.3) is 0 Å². The van der Waals surface area contributed by atoms with Gasteiger partial charge in [0.25, 0.3) is 5.91 Å². The quantitative estimate of drug-likeness (QED) is 0.548. The maximum absolute atomic E-state index is 12.1. The first kappa shape index (κ1) is 20.5. The molecule has 0 radical (unpaired) electrons. The summed E-state index contributed by atoms with van der Waals surface area (Å²) in [5.41, 5.74) is 0.853. The van der Waals surface area contributed by atoms with Crippen LogP contribution in [0.5, 0.6) is 5.75 Å². The summed E-state index contributed by atoms with van der Waals surface area (Å²) in [4.78, 5) is 24.1. The maximum atomic E-state index is 12.1. The molecule has 0 aliphatic heterocycles. The fraction of sp³-hybridized carbons (Fsp3) is 0.182. The van der Waals surface area contributed by atoms with Crippen LogP contribution >= 0.6 is 11.6 Å². The summed E-state index contributed by atoms with van der Waals surface area (Å²) in [6.07, 6.45) is 0. The Balaban J connectivity index is 1.45. The molecule has 1 aromatic heterocycles. The Hall–Kier alpha value is -3.25. The summed E-state index contributed by atoms with van der Waals surface area (Å²) in [6, 6.07) is 19.3. The van der Waals surface area contributed by atoms with Gasteiger partial charge in [0.2, 0.25) is 5.76 Å². The van der Waals surface area contributed by atoms with Gasteiger partial charge in [-0.1, -0.05) is 41.9 Å². The zero-order valence-electron chi connectivity index (χ0n) is 15.8. The van der Waals surface area contributed by atoms with Crippen molar-refractivity contribution in [3.63, 3.8) is 0 Å². The number of benzene rings is 2.